The Labute approximate surface area is 98.8 Å². The third-order valence-corrected chi connectivity index (χ3v) is 3.98. The predicted molar refractivity (Wildman–Crippen MR) is 66.6 cm³/mol. The van der Waals surface area contributed by atoms with Crippen molar-refractivity contribution < 1.29 is 4.74 Å². The Morgan fingerprint density at radius 3 is 2.88 bits per heavy atom. The quantitative estimate of drug-likeness (QED) is 0.712. The molecule has 2 aliphatic rings. The van der Waals surface area contributed by atoms with Gasteiger partial charge in [0, 0.05) is 26.2 Å². The first-order chi connectivity index (χ1) is 7.85. The van der Waals surface area contributed by atoms with Crippen molar-refractivity contribution in [1.82, 2.24) is 10.2 Å². The molecule has 2 atom stereocenters. The van der Waals surface area contributed by atoms with Gasteiger partial charge in [-0.15, -0.1) is 0 Å². The molecule has 3 heteroatoms. The van der Waals surface area contributed by atoms with Crippen LogP contribution in [-0.4, -0.2) is 51.3 Å². The fraction of sp³-hybridized carbons (Fsp3) is 0.846. The summed E-state index contributed by atoms with van der Waals surface area (Å²) in [5.74, 6) is 0.877. The maximum absolute atomic E-state index is 5.18. The van der Waals surface area contributed by atoms with E-state index in [-0.39, 0.29) is 0 Å². The third-order valence-electron chi connectivity index (χ3n) is 3.98. The first-order valence-corrected chi connectivity index (χ1v) is 6.40. The van der Waals surface area contributed by atoms with Gasteiger partial charge in [0.25, 0.3) is 0 Å². The van der Waals surface area contributed by atoms with Gasteiger partial charge in [-0.25, -0.2) is 0 Å². The summed E-state index contributed by atoms with van der Waals surface area (Å²) < 4.78 is 5.18. The molecule has 1 fully saturated rings. The molecular formula is C13H24N2O. The molecule has 0 aromatic rings. The molecule has 16 heavy (non-hydrogen) atoms. The molecule has 0 bridgehead atoms. The van der Waals surface area contributed by atoms with Crippen molar-refractivity contribution in [3.63, 3.8) is 0 Å². The SMILES string of the molecule is CNCC1CCC1N1CC=C(COC)CC1. The lowest BCUT2D eigenvalue weighted by atomic mass is 9.78. The topological polar surface area (TPSA) is 24.5 Å². The molecule has 1 heterocycles. The summed E-state index contributed by atoms with van der Waals surface area (Å²) >= 11 is 0. The van der Waals surface area contributed by atoms with Crippen molar-refractivity contribution in [2.24, 2.45) is 5.92 Å². The van der Waals surface area contributed by atoms with Gasteiger partial charge in [0.05, 0.1) is 6.61 Å². The highest BCUT2D eigenvalue weighted by Gasteiger charge is 2.34. The van der Waals surface area contributed by atoms with Crippen molar-refractivity contribution in [3.8, 4) is 0 Å². The normalized spacial score (nSPS) is 31.0. The molecule has 0 radical (unpaired) electrons. The second kappa shape index (κ2) is 5.80. The molecule has 2 rings (SSSR count). The van der Waals surface area contributed by atoms with E-state index in [0.29, 0.717) is 0 Å². The van der Waals surface area contributed by atoms with Gasteiger partial charge in [0.15, 0.2) is 0 Å². The van der Waals surface area contributed by atoms with Crippen LogP contribution >= 0.6 is 0 Å². The zero-order valence-corrected chi connectivity index (χ0v) is 10.5. The van der Waals surface area contributed by atoms with Gasteiger partial charge >= 0.3 is 0 Å². The van der Waals surface area contributed by atoms with E-state index in [9.17, 15) is 0 Å². The van der Waals surface area contributed by atoms with Crippen LogP contribution in [0, 0.1) is 5.92 Å². The van der Waals surface area contributed by atoms with E-state index in [1.807, 2.05) is 0 Å². The second-order valence-corrected chi connectivity index (χ2v) is 5.00. The third kappa shape index (κ3) is 2.65. The molecule has 1 N–H and O–H groups in total. The average Bonchev–Trinajstić information content (AvgIpc) is 2.27. The number of methoxy groups -OCH3 is 1. The van der Waals surface area contributed by atoms with Crippen molar-refractivity contribution in [2.75, 3.05) is 40.4 Å². The Morgan fingerprint density at radius 2 is 2.38 bits per heavy atom. The van der Waals surface area contributed by atoms with Gasteiger partial charge in [0.1, 0.15) is 0 Å². The minimum atomic E-state index is 0.818. The summed E-state index contributed by atoms with van der Waals surface area (Å²) in [7, 11) is 3.84. The number of hydrogen-bond donors (Lipinski definition) is 1. The molecule has 92 valence electrons. The molecular weight excluding hydrogens is 200 g/mol. The maximum Gasteiger partial charge on any atom is 0.0673 e. The van der Waals surface area contributed by atoms with E-state index in [1.165, 1.54) is 37.9 Å². The smallest absolute Gasteiger partial charge is 0.0673 e. The van der Waals surface area contributed by atoms with Gasteiger partial charge in [-0.3, -0.25) is 4.90 Å². The van der Waals surface area contributed by atoms with Crippen LogP contribution in [-0.2, 0) is 4.74 Å². The second-order valence-electron chi connectivity index (χ2n) is 5.00. The summed E-state index contributed by atoms with van der Waals surface area (Å²) in [6, 6.07) is 0.827. The largest absolute Gasteiger partial charge is 0.380 e. The van der Waals surface area contributed by atoms with Crippen LogP contribution in [0.1, 0.15) is 19.3 Å². The van der Waals surface area contributed by atoms with Gasteiger partial charge in [0.2, 0.25) is 0 Å². The Kier molecular flexibility index (Phi) is 4.38. The zero-order chi connectivity index (χ0) is 11.4. The van der Waals surface area contributed by atoms with Crippen molar-refractivity contribution in [3.05, 3.63) is 11.6 Å². The zero-order valence-electron chi connectivity index (χ0n) is 10.5. The molecule has 3 nitrogen and oxygen atoms in total. The van der Waals surface area contributed by atoms with E-state index in [2.05, 4.69) is 23.3 Å². The van der Waals surface area contributed by atoms with Crippen LogP contribution in [0.5, 0.6) is 0 Å². The summed E-state index contributed by atoms with van der Waals surface area (Å²) in [5.41, 5.74) is 1.48. The molecule has 1 saturated carbocycles. The first kappa shape index (κ1) is 12.1. The minimum Gasteiger partial charge on any atom is -0.380 e. The van der Waals surface area contributed by atoms with Crippen LogP contribution in [0.4, 0.5) is 0 Å². The average molecular weight is 224 g/mol. The maximum atomic E-state index is 5.18. The fourth-order valence-electron chi connectivity index (χ4n) is 2.88. The standard InChI is InChI=1S/C13H24N2O/c1-14-9-12-3-4-13(12)15-7-5-11(6-8-15)10-16-2/h5,12-14H,3-4,6-10H2,1-2H3. The molecule has 2 unspecified atom stereocenters. The van der Waals surface area contributed by atoms with Crippen LogP contribution in [0.25, 0.3) is 0 Å². The van der Waals surface area contributed by atoms with Gasteiger partial charge in [-0.1, -0.05) is 6.08 Å². The van der Waals surface area contributed by atoms with E-state index in [4.69, 9.17) is 4.74 Å². The van der Waals surface area contributed by atoms with Crippen LogP contribution in [0.15, 0.2) is 11.6 Å². The molecule has 0 saturated heterocycles. The van der Waals surface area contributed by atoms with Gasteiger partial charge in [-0.05, 0) is 44.3 Å². The van der Waals surface area contributed by atoms with Crippen LogP contribution in [0.2, 0.25) is 0 Å². The number of nitrogens with zero attached hydrogens (tertiary/aromatic N) is 1. The molecule has 0 aromatic heterocycles. The van der Waals surface area contributed by atoms with Crippen LogP contribution < -0.4 is 5.32 Å². The summed E-state index contributed by atoms with van der Waals surface area (Å²) in [6.45, 7) is 4.35. The lowest BCUT2D eigenvalue weighted by Gasteiger charge is -2.45. The van der Waals surface area contributed by atoms with Gasteiger partial charge in [-0.2, -0.15) is 0 Å². The molecule has 1 aliphatic heterocycles. The van der Waals surface area contributed by atoms with E-state index >= 15 is 0 Å². The molecule has 0 amide bonds. The molecule has 1 aliphatic carbocycles. The summed E-state index contributed by atoms with van der Waals surface area (Å²) in [6.07, 6.45) is 6.34. The molecule has 0 spiro atoms. The van der Waals surface area contributed by atoms with E-state index in [1.54, 1.807) is 7.11 Å². The molecule has 0 aromatic carbocycles. The summed E-state index contributed by atoms with van der Waals surface area (Å²) in [5, 5.41) is 3.31. The fourth-order valence-corrected chi connectivity index (χ4v) is 2.88. The Bertz CT molecular complexity index is 252. The van der Waals surface area contributed by atoms with Crippen molar-refractivity contribution >= 4 is 0 Å². The Morgan fingerprint density at radius 1 is 1.50 bits per heavy atom. The predicted octanol–water partition coefficient (Wildman–Crippen LogP) is 1.26. The number of rotatable bonds is 5. The van der Waals surface area contributed by atoms with Crippen molar-refractivity contribution in [2.45, 2.75) is 25.3 Å². The lowest BCUT2D eigenvalue weighted by molar-refractivity contribution is 0.0677. The number of ether oxygens (including phenoxy) is 1. The first-order valence-electron chi connectivity index (χ1n) is 6.40. The minimum absolute atomic E-state index is 0.818. The highest BCUT2D eigenvalue weighted by Crippen LogP contribution is 2.33. The van der Waals surface area contributed by atoms with E-state index < -0.39 is 0 Å². The highest BCUT2D eigenvalue weighted by atomic mass is 16.5. The highest BCUT2D eigenvalue weighted by molar-refractivity contribution is 5.09. The van der Waals surface area contributed by atoms with Gasteiger partial charge < -0.3 is 10.1 Å². The number of nitrogens with one attached hydrogen (secondary N) is 1. The van der Waals surface area contributed by atoms with Crippen molar-refractivity contribution in [1.29, 1.82) is 0 Å². The summed E-state index contributed by atoms with van der Waals surface area (Å²) in [4.78, 5) is 2.64. The monoisotopic (exact) mass is 224 g/mol. The Balaban J connectivity index is 1.80. The van der Waals surface area contributed by atoms with E-state index in [0.717, 1.165) is 25.1 Å². The Hall–Kier alpha value is -0.380. The number of hydrogen-bond acceptors (Lipinski definition) is 3. The lowest BCUT2D eigenvalue weighted by Crippen LogP contribution is -2.51. The van der Waals surface area contributed by atoms with Crippen LogP contribution in [0.3, 0.4) is 0 Å².